The van der Waals surface area contributed by atoms with Gasteiger partial charge in [0.2, 0.25) is 0 Å². The van der Waals surface area contributed by atoms with Gasteiger partial charge in [-0.2, -0.15) is 13.2 Å². The normalized spacial score (nSPS) is 19.6. The molecule has 0 radical (unpaired) electrons. The van der Waals surface area contributed by atoms with E-state index in [4.69, 9.17) is 0 Å². The number of aliphatic imine (C=N–C) groups is 1. The second-order valence-electron chi connectivity index (χ2n) is 6.02. The Balaban J connectivity index is 1.94. The summed E-state index contributed by atoms with van der Waals surface area (Å²) in [6.45, 7) is 2.65. The van der Waals surface area contributed by atoms with Gasteiger partial charge in [-0.3, -0.25) is 4.99 Å². The highest BCUT2D eigenvalue weighted by Crippen LogP contribution is 2.32. The van der Waals surface area contributed by atoms with Crippen LogP contribution in [-0.4, -0.2) is 44.6 Å². The van der Waals surface area contributed by atoms with Crippen LogP contribution in [0.2, 0.25) is 0 Å². The first-order valence-electron chi connectivity index (χ1n) is 7.78. The van der Waals surface area contributed by atoms with Gasteiger partial charge in [0, 0.05) is 26.7 Å². The second kappa shape index (κ2) is 7.83. The number of rotatable bonds is 4. The van der Waals surface area contributed by atoms with Crippen LogP contribution >= 0.6 is 0 Å². The van der Waals surface area contributed by atoms with Gasteiger partial charge in [0.05, 0.1) is 5.56 Å². The van der Waals surface area contributed by atoms with Crippen molar-refractivity contribution >= 4 is 5.96 Å². The van der Waals surface area contributed by atoms with Gasteiger partial charge in [0.1, 0.15) is 5.82 Å². The van der Waals surface area contributed by atoms with Crippen molar-refractivity contribution in [2.24, 2.45) is 10.9 Å². The second-order valence-corrected chi connectivity index (χ2v) is 6.02. The van der Waals surface area contributed by atoms with Crippen LogP contribution in [0, 0.1) is 11.7 Å². The standard InChI is InChI=1S/C16H22F4N4/c1-21-15(22-8-11-5-6-24(2)10-11)23-9-12-3-4-13(17)7-14(12)16(18,19)20/h3-4,7,11H,5-6,8-10H2,1-2H3,(H2,21,22,23). The molecule has 1 aliphatic rings. The number of nitrogens with zero attached hydrogens (tertiary/aromatic N) is 2. The fourth-order valence-corrected chi connectivity index (χ4v) is 2.80. The molecule has 4 nitrogen and oxygen atoms in total. The van der Waals surface area contributed by atoms with Crippen LogP contribution in [0.15, 0.2) is 23.2 Å². The van der Waals surface area contributed by atoms with Gasteiger partial charge in [-0.15, -0.1) is 0 Å². The average molecular weight is 346 g/mol. The van der Waals surface area contributed by atoms with Crippen molar-refractivity contribution in [2.75, 3.05) is 33.7 Å². The summed E-state index contributed by atoms with van der Waals surface area (Å²) in [5.74, 6) is 0.0195. The first kappa shape index (κ1) is 18.5. The van der Waals surface area contributed by atoms with Crippen LogP contribution in [0.5, 0.6) is 0 Å². The summed E-state index contributed by atoms with van der Waals surface area (Å²) < 4.78 is 52.0. The Morgan fingerprint density at radius 2 is 2.08 bits per heavy atom. The zero-order valence-electron chi connectivity index (χ0n) is 13.8. The molecule has 0 saturated carbocycles. The summed E-state index contributed by atoms with van der Waals surface area (Å²) in [6, 6.07) is 2.68. The van der Waals surface area contributed by atoms with E-state index in [1.54, 1.807) is 7.05 Å². The molecule has 1 saturated heterocycles. The predicted octanol–water partition coefficient (Wildman–Crippen LogP) is 2.46. The van der Waals surface area contributed by atoms with E-state index in [1.807, 2.05) is 0 Å². The molecule has 1 fully saturated rings. The number of benzene rings is 1. The Labute approximate surface area is 138 Å². The van der Waals surface area contributed by atoms with Crippen LogP contribution in [0.25, 0.3) is 0 Å². The molecule has 134 valence electrons. The van der Waals surface area contributed by atoms with Gasteiger partial charge in [-0.1, -0.05) is 6.07 Å². The lowest BCUT2D eigenvalue weighted by atomic mass is 10.1. The van der Waals surface area contributed by atoms with Crippen molar-refractivity contribution < 1.29 is 17.6 Å². The smallest absolute Gasteiger partial charge is 0.356 e. The Bertz CT molecular complexity index is 586. The van der Waals surface area contributed by atoms with Gasteiger partial charge in [-0.05, 0) is 43.6 Å². The predicted molar refractivity (Wildman–Crippen MR) is 85.2 cm³/mol. The third-order valence-corrected chi connectivity index (χ3v) is 4.09. The quantitative estimate of drug-likeness (QED) is 0.500. The monoisotopic (exact) mass is 346 g/mol. The summed E-state index contributed by atoms with van der Waals surface area (Å²) in [7, 11) is 3.62. The minimum absolute atomic E-state index is 0.0209. The third kappa shape index (κ3) is 5.09. The zero-order valence-corrected chi connectivity index (χ0v) is 13.8. The largest absolute Gasteiger partial charge is 0.416 e. The van der Waals surface area contributed by atoms with Gasteiger partial charge >= 0.3 is 6.18 Å². The number of guanidine groups is 1. The molecule has 0 bridgehead atoms. The highest BCUT2D eigenvalue weighted by Gasteiger charge is 2.33. The van der Waals surface area contributed by atoms with E-state index in [2.05, 4.69) is 27.6 Å². The van der Waals surface area contributed by atoms with Crippen molar-refractivity contribution in [1.82, 2.24) is 15.5 Å². The average Bonchev–Trinajstić information content (AvgIpc) is 2.93. The Kier molecular flexibility index (Phi) is 6.04. The van der Waals surface area contributed by atoms with Crippen molar-refractivity contribution in [1.29, 1.82) is 0 Å². The van der Waals surface area contributed by atoms with E-state index in [0.29, 0.717) is 24.5 Å². The first-order chi connectivity index (χ1) is 11.3. The van der Waals surface area contributed by atoms with E-state index in [0.717, 1.165) is 31.6 Å². The minimum Gasteiger partial charge on any atom is -0.356 e. The maximum absolute atomic E-state index is 13.1. The van der Waals surface area contributed by atoms with E-state index in [9.17, 15) is 17.6 Å². The molecular formula is C16H22F4N4. The van der Waals surface area contributed by atoms with Crippen molar-refractivity contribution in [3.8, 4) is 0 Å². The summed E-state index contributed by atoms with van der Waals surface area (Å²) >= 11 is 0. The molecule has 1 aromatic carbocycles. The van der Waals surface area contributed by atoms with Gasteiger partial charge in [0.25, 0.3) is 0 Å². The lowest BCUT2D eigenvalue weighted by Crippen LogP contribution is -2.40. The van der Waals surface area contributed by atoms with Gasteiger partial charge < -0.3 is 15.5 Å². The van der Waals surface area contributed by atoms with Crippen LogP contribution in [-0.2, 0) is 12.7 Å². The molecule has 0 aromatic heterocycles. The molecular weight excluding hydrogens is 324 g/mol. The number of likely N-dealkylation sites (tertiary alicyclic amines) is 1. The lowest BCUT2D eigenvalue weighted by Gasteiger charge is -2.17. The van der Waals surface area contributed by atoms with Crippen molar-refractivity contribution in [3.05, 3.63) is 35.1 Å². The van der Waals surface area contributed by atoms with E-state index in [1.165, 1.54) is 0 Å². The molecule has 2 N–H and O–H groups in total. The van der Waals surface area contributed by atoms with Crippen LogP contribution in [0.4, 0.5) is 17.6 Å². The Morgan fingerprint density at radius 1 is 1.33 bits per heavy atom. The fraction of sp³-hybridized carbons (Fsp3) is 0.562. The maximum Gasteiger partial charge on any atom is 0.416 e. The number of halogens is 4. The third-order valence-electron chi connectivity index (χ3n) is 4.09. The molecule has 0 aliphatic carbocycles. The highest BCUT2D eigenvalue weighted by molar-refractivity contribution is 5.79. The van der Waals surface area contributed by atoms with E-state index >= 15 is 0 Å². The summed E-state index contributed by atoms with van der Waals surface area (Å²) in [5, 5.41) is 5.98. The molecule has 24 heavy (non-hydrogen) atoms. The number of hydrogen-bond donors (Lipinski definition) is 2. The highest BCUT2D eigenvalue weighted by atomic mass is 19.4. The number of hydrogen-bond acceptors (Lipinski definition) is 2. The van der Waals surface area contributed by atoms with Crippen molar-refractivity contribution in [2.45, 2.75) is 19.1 Å². The summed E-state index contributed by atoms with van der Waals surface area (Å²) in [6.07, 6.45) is -3.51. The molecule has 0 spiro atoms. The molecule has 1 heterocycles. The topological polar surface area (TPSA) is 39.7 Å². The Morgan fingerprint density at radius 3 is 2.67 bits per heavy atom. The first-order valence-corrected chi connectivity index (χ1v) is 7.78. The van der Waals surface area contributed by atoms with Gasteiger partial charge in [-0.25, -0.2) is 4.39 Å². The SMILES string of the molecule is CN=C(NCc1ccc(F)cc1C(F)(F)F)NCC1CCN(C)C1. The Hall–Kier alpha value is -1.83. The van der Waals surface area contributed by atoms with Crippen LogP contribution in [0.1, 0.15) is 17.5 Å². The lowest BCUT2D eigenvalue weighted by molar-refractivity contribution is -0.138. The molecule has 1 aliphatic heterocycles. The molecule has 0 amide bonds. The van der Waals surface area contributed by atoms with E-state index in [-0.39, 0.29) is 12.1 Å². The molecule has 2 rings (SSSR count). The van der Waals surface area contributed by atoms with Crippen LogP contribution in [0.3, 0.4) is 0 Å². The maximum atomic E-state index is 13.1. The summed E-state index contributed by atoms with van der Waals surface area (Å²) in [5.41, 5.74) is -0.990. The van der Waals surface area contributed by atoms with Gasteiger partial charge in [0.15, 0.2) is 5.96 Å². The molecule has 1 aromatic rings. The zero-order chi connectivity index (χ0) is 17.7. The van der Waals surface area contributed by atoms with Crippen molar-refractivity contribution in [3.63, 3.8) is 0 Å². The van der Waals surface area contributed by atoms with E-state index < -0.39 is 17.6 Å². The summed E-state index contributed by atoms with van der Waals surface area (Å²) in [4.78, 5) is 6.25. The minimum atomic E-state index is -4.59. The molecule has 8 heteroatoms. The van der Waals surface area contributed by atoms with Crippen LogP contribution < -0.4 is 10.6 Å². The number of nitrogens with one attached hydrogen (secondary N) is 2. The fourth-order valence-electron chi connectivity index (χ4n) is 2.80. The number of alkyl halides is 3. The molecule has 1 unspecified atom stereocenters. The molecule has 1 atom stereocenters.